The number of aromatic nitrogens is 1. The van der Waals surface area contributed by atoms with Crippen molar-refractivity contribution >= 4 is 22.4 Å². The van der Waals surface area contributed by atoms with E-state index in [0.29, 0.717) is 23.5 Å². The zero-order chi connectivity index (χ0) is 15.9. The standard InChI is InChI=1S/C15H17F2N3OS/c1-18-6-2-3-14(21)20-15-19-9-11(22-15)7-10-4-5-12(16)13(17)8-10/h4-5,8-9,18H,2-3,6-7H2,1H3,(H,19,20,21). The molecule has 0 saturated heterocycles. The van der Waals surface area contributed by atoms with Gasteiger partial charge in [-0.25, -0.2) is 13.8 Å². The van der Waals surface area contributed by atoms with Crippen molar-refractivity contribution in [1.82, 2.24) is 10.3 Å². The molecule has 0 unspecified atom stereocenters. The predicted octanol–water partition coefficient (Wildman–Crippen LogP) is 2.95. The van der Waals surface area contributed by atoms with Crippen LogP contribution in [0.3, 0.4) is 0 Å². The van der Waals surface area contributed by atoms with Crippen molar-refractivity contribution in [2.75, 3.05) is 18.9 Å². The van der Waals surface area contributed by atoms with Crippen LogP contribution >= 0.6 is 11.3 Å². The number of hydrogen-bond donors (Lipinski definition) is 2. The summed E-state index contributed by atoms with van der Waals surface area (Å²) >= 11 is 1.33. The van der Waals surface area contributed by atoms with Gasteiger partial charge in [-0.2, -0.15) is 0 Å². The first-order valence-corrected chi connectivity index (χ1v) is 7.73. The summed E-state index contributed by atoms with van der Waals surface area (Å²) in [6.07, 6.45) is 3.27. The van der Waals surface area contributed by atoms with E-state index in [1.54, 1.807) is 6.20 Å². The number of thiazole rings is 1. The molecular formula is C15H17F2N3OS. The first-order chi connectivity index (χ1) is 10.6. The van der Waals surface area contributed by atoms with Gasteiger partial charge in [-0.3, -0.25) is 4.79 Å². The van der Waals surface area contributed by atoms with Gasteiger partial charge in [-0.05, 0) is 37.7 Å². The predicted molar refractivity (Wildman–Crippen MR) is 83.1 cm³/mol. The van der Waals surface area contributed by atoms with Crippen LogP contribution in [0.4, 0.5) is 13.9 Å². The zero-order valence-electron chi connectivity index (χ0n) is 12.2. The van der Waals surface area contributed by atoms with Gasteiger partial charge in [0.05, 0.1) is 0 Å². The summed E-state index contributed by atoms with van der Waals surface area (Å²) in [6.45, 7) is 0.784. The van der Waals surface area contributed by atoms with Crippen LogP contribution in [-0.4, -0.2) is 24.5 Å². The number of benzene rings is 1. The largest absolute Gasteiger partial charge is 0.320 e. The molecule has 7 heteroatoms. The van der Waals surface area contributed by atoms with Crippen LogP contribution in [0.1, 0.15) is 23.3 Å². The number of anilines is 1. The summed E-state index contributed by atoms with van der Waals surface area (Å²) in [5, 5.41) is 6.23. The molecular weight excluding hydrogens is 308 g/mol. The van der Waals surface area contributed by atoms with E-state index in [4.69, 9.17) is 0 Å². The summed E-state index contributed by atoms with van der Waals surface area (Å²) in [7, 11) is 1.84. The van der Waals surface area contributed by atoms with E-state index >= 15 is 0 Å². The van der Waals surface area contributed by atoms with Gasteiger partial charge in [0.25, 0.3) is 0 Å². The van der Waals surface area contributed by atoms with E-state index < -0.39 is 11.6 Å². The second-order valence-corrected chi connectivity index (χ2v) is 5.93. The minimum absolute atomic E-state index is 0.0797. The van der Waals surface area contributed by atoms with E-state index in [2.05, 4.69) is 15.6 Å². The quantitative estimate of drug-likeness (QED) is 0.770. The Morgan fingerprint density at radius 1 is 1.32 bits per heavy atom. The third-order valence-corrected chi connectivity index (χ3v) is 3.91. The maximum atomic E-state index is 13.2. The fourth-order valence-electron chi connectivity index (χ4n) is 1.91. The lowest BCUT2D eigenvalue weighted by Crippen LogP contribution is -2.14. The van der Waals surface area contributed by atoms with Gasteiger partial charge < -0.3 is 10.6 Å². The molecule has 1 heterocycles. The number of halogens is 2. The van der Waals surface area contributed by atoms with Crippen molar-refractivity contribution in [3.8, 4) is 0 Å². The molecule has 0 aliphatic carbocycles. The molecule has 2 aromatic rings. The molecule has 0 bridgehead atoms. The molecule has 0 atom stereocenters. The molecule has 1 aromatic carbocycles. The van der Waals surface area contributed by atoms with Gasteiger partial charge in [-0.1, -0.05) is 6.07 Å². The number of carbonyl (C=O) groups is 1. The van der Waals surface area contributed by atoms with Crippen LogP contribution in [0, 0.1) is 11.6 Å². The summed E-state index contributed by atoms with van der Waals surface area (Å²) in [5.74, 6) is -1.80. The average Bonchev–Trinajstić information content (AvgIpc) is 2.90. The number of nitrogens with zero attached hydrogens (tertiary/aromatic N) is 1. The van der Waals surface area contributed by atoms with Gasteiger partial charge in [0.15, 0.2) is 16.8 Å². The first-order valence-electron chi connectivity index (χ1n) is 6.91. The summed E-state index contributed by atoms with van der Waals surface area (Å²) in [6, 6.07) is 3.81. The minimum atomic E-state index is -0.861. The Balaban J connectivity index is 1.90. The fraction of sp³-hybridized carbons (Fsp3) is 0.333. The van der Waals surface area contributed by atoms with Crippen LogP contribution in [0.25, 0.3) is 0 Å². The molecule has 0 saturated carbocycles. The van der Waals surface area contributed by atoms with Gasteiger partial charge in [0.1, 0.15) is 0 Å². The van der Waals surface area contributed by atoms with Crippen molar-refractivity contribution in [3.05, 3.63) is 46.5 Å². The monoisotopic (exact) mass is 325 g/mol. The molecule has 118 valence electrons. The van der Waals surface area contributed by atoms with E-state index in [0.717, 1.165) is 23.9 Å². The maximum Gasteiger partial charge on any atom is 0.226 e. The number of carbonyl (C=O) groups excluding carboxylic acids is 1. The highest BCUT2D eigenvalue weighted by Gasteiger charge is 2.08. The normalized spacial score (nSPS) is 10.7. The van der Waals surface area contributed by atoms with Crippen LogP contribution in [0.5, 0.6) is 0 Å². The summed E-state index contributed by atoms with van der Waals surface area (Å²) in [5.41, 5.74) is 0.662. The van der Waals surface area contributed by atoms with Crippen molar-refractivity contribution in [1.29, 1.82) is 0 Å². The Bertz CT molecular complexity index is 645. The highest BCUT2D eigenvalue weighted by atomic mass is 32.1. The summed E-state index contributed by atoms with van der Waals surface area (Å²) < 4.78 is 26.0. The lowest BCUT2D eigenvalue weighted by Gasteiger charge is -2.01. The van der Waals surface area contributed by atoms with Crippen molar-refractivity contribution in [2.45, 2.75) is 19.3 Å². The van der Waals surface area contributed by atoms with Crippen LogP contribution < -0.4 is 10.6 Å². The van der Waals surface area contributed by atoms with Crippen LogP contribution in [0.15, 0.2) is 24.4 Å². The Morgan fingerprint density at radius 3 is 2.86 bits per heavy atom. The van der Waals surface area contributed by atoms with Crippen molar-refractivity contribution < 1.29 is 13.6 Å². The minimum Gasteiger partial charge on any atom is -0.320 e. The molecule has 2 rings (SSSR count). The molecule has 1 aromatic heterocycles. The van der Waals surface area contributed by atoms with E-state index in [9.17, 15) is 13.6 Å². The topological polar surface area (TPSA) is 54.0 Å². The van der Waals surface area contributed by atoms with Gasteiger partial charge in [-0.15, -0.1) is 11.3 Å². The third-order valence-electron chi connectivity index (χ3n) is 2.99. The third kappa shape index (κ3) is 4.85. The van der Waals surface area contributed by atoms with Gasteiger partial charge in [0.2, 0.25) is 5.91 Å². The lowest BCUT2D eigenvalue weighted by molar-refractivity contribution is -0.116. The Kier molecular flexibility index (Phi) is 5.97. The number of rotatable bonds is 7. The van der Waals surface area contributed by atoms with E-state index in [1.165, 1.54) is 23.5 Å². The zero-order valence-corrected chi connectivity index (χ0v) is 13.0. The summed E-state index contributed by atoms with van der Waals surface area (Å²) in [4.78, 5) is 16.7. The van der Waals surface area contributed by atoms with Crippen molar-refractivity contribution in [3.63, 3.8) is 0 Å². The fourth-order valence-corrected chi connectivity index (χ4v) is 2.77. The smallest absolute Gasteiger partial charge is 0.226 e. The SMILES string of the molecule is CNCCCC(=O)Nc1ncc(Cc2ccc(F)c(F)c2)s1. The highest BCUT2D eigenvalue weighted by Crippen LogP contribution is 2.22. The average molecular weight is 325 g/mol. The Hall–Kier alpha value is -1.86. The molecule has 0 radical (unpaired) electrons. The van der Waals surface area contributed by atoms with Gasteiger partial charge >= 0.3 is 0 Å². The van der Waals surface area contributed by atoms with Crippen LogP contribution in [-0.2, 0) is 11.2 Å². The Morgan fingerprint density at radius 2 is 2.14 bits per heavy atom. The number of amides is 1. The number of hydrogen-bond acceptors (Lipinski definition) is 4. The highest BCUT2D eigenvalue weighted by molar-refractivity contribution is 7.15. The molecule has 1 amide bonds. The van der Waals surface area contributed by atoms with Gasteiger partial charge in [0, 0.05) is 23.9 Å². The maximum absolute atomic E-state index is 13.2. The molecule has 22 heavy (non-hydrogen) atoms. The molecule has 0 aliphatic heterocycles. The first kappa shape index (κ1) is 16.5. The number of nitrogens with one attached hydrogen (secondary N) is 2. The molecule has 2 N–H and O–H groups in total. The lowest BCUT2D eigenvalue weighted by atomic mass is 10.1. The molecule has 0 spiro atoms. The van der Waals surface area contributed by atoms with Crippen LogP contribution in [0.2, 0.25) is 0 Å². The molecule has 0 fully saturated rings. The second-order valence-electron chi connectivity index (χ2n) is 4.81. The second kappa shape index (κ2) is 7.95. The Labute approximate surface area is 131 Å². The van der Waals surface area contributed by atoms with Crippen molar-refractivity contribution in [2.24, 2.45) is 0 Å². The molecule has 0 aliphatic rings. The van der Waals surface area contributed by atoms with E-state index in [1.807, 2.05) is 7.05 Å². The van der Waals surface area contributed by atoms with E-state index in [-0.39, 0.29) is 5.91 Å². The molecule has 4 nitrogen and oxygen atoms in total.